The van der Waals surface area contributed by atoms with Gasteiger partial charge in [-0.3, -0.25) is 14.2 Å². The molecular weight excluding hydrogens is 460 g/mol. The summed E-state index contributed by atoms with van der Waals surface area (Å²) in [6.07, 6.45) is 6.40. The third-order valence-electron chi connectivity index (χ3n) is 6.56. The lowest BCUT2D eigenvalue weighted by atomic mass is 9.98. The third-order valence-corrected chi connectivity index (χ3v) is 7.74. The van der Waals surface area contributed by atoms with Gasteiger partial charge in [-0.05, 0) is 49.3 Å². The van der Waals surface area contributed by atoms with E-state index in [4.69, 9.17) is 4.74 Å². The van der Waals surface area contributed by atoms with E-state index < -0.39 is 5.97 Å². The number of aryl methyl sites for hydroxylation is 1. The summed E-state index contributed by atoms with van der Waals surface area (Å²) >= 11 is 1.17. The van der Waals surface area contributed by atoms with E-state index in [1.54, 1.807) is 19.1 Å². The number of esters is 1. The highest BCUT2D eigenvalue weighted by Crippen LogP contribution is 2.29. The Morgan fingerprint density at radius 1 is 1.00 bits per heavy atom. The maximum atomic E-state index is 13.2. The highest BCUT2D eigenvalue weighted by atomic mass is 32.1. The Balaban J connectivity index is 1.35. The first-order chi connectivity index (χ1) is 17.0. The van der Waals surface area contributed by atoms with Gasteiger partial charge in [0, 0.05) is 5.56 Å². The average Bonchev–Trinajstić information content (AvgIpc) is 3.24. The van der Waals surface area contributed by atoms with Crippen LogP contribution in [0.3, 0.4) is 0 Å². The number of rotatable bonds is 6. The SMILES string of the molecule is Cc1c(C(=O)OC2CCCCC2)sc2ncn(CC(=O)c3ccc(-c4ccccc4)cc3)c(=O)c12. The highest BCUT2D eigenvalue weighted by Gasteiger charge is 2.24. The number of Topliss-reactive ketones (excluding diaryl/α,β-unsaturated/α-hetero) is 1. The van der Waals surface area contributed by atoms with Crippen molar-refractivity contribution in [3.8, 4) is 11.1 Å². The largest absolute Gasteiger partial charge is 0.458 e. The smallest absolute Gasteiger partial charge is 0.348 e. The number of carbonyl (C=O) groups is 2. The fraction of sp³-hybridized carbons (Fsp3) is 0.286. The fourth-order valence-electron chi connectivity index (χ4n) is 4.58. The van der Waals surface area contributed by atoms with Gasteiger partial charge in [0.15, 0.2) is 5.78 Å². The van der Waals surface area contributed by atoms with E-state index in [2.05, 4.69) is 4.98 Å². The summed E-state index contributed by atoms with van der Waals surface area (Å²) in [5, 5.41) is 0.375. The van der Waals surface area contributed by atoms with E-state index in [-0.39, 0.29) is 24.0 Å². The van der Waals surface area contributed by atoms with Crippen molar-refractivity contribution in [1.29, 1.82) is 0 Å². The first-order valence-electron chi connectivity index (χ1n) is 11.9. The molecule has 5 rings (SSSR count). The number of ether oxygens (including phenoxy) is 1. The van der Waals surface area contributed by atoms with Crippen LogP contribution in [0, 0.1) is 6.92 Å². The van der Waals surface area contributed by atoms with Crippen molar-refractivity contribution < 1.29 is 14.3 Å². The Labute approximate surface area is 207 Å². The third kappa shape index (κ3) is 4.82. The van der Waals surface area contributed by atoms with Gasteiger partial charge in [-0.15, -0.1) is 11.3 Å². The van der Waals surface area contributed by atoms with Crippen LogP contribution in [0.25, 0.3) is 21.3 Å². The van der Waals surface area contributed by atoms with Crippen LogP contribution in [0.15, 0.2) is 65.7 Å². The zero-order valence-electron chi connectivity index (χ0n) is 19.5. The van der Waals surface area contributed by atoms with Crippen molar-refractivity contribution in [2.24, 2.45) is 0 Å². The fourth-order valence-corrected chi connectivity index (χ4v) is 5.60. The zero-order chi connectivity index (χ0) is 24.4. The topological polar surface area (TPSA) is 78.3 Å². The van der Waals surface area contributed by atoms with Crippen LogP contribution in [0.5, 0.6) is 0 Å². The normalized spacial score (nSPS) is 14.2. The first kappa shape index (κ1) is 23.2. The molecule has 0 aliphatic heterocycles. The van der Waals surface area contributed by atoms with Crippen molar-refractivity contribution in [3.63, 3.8) is 0 Å². The number of thiophene rings is 1. The molecule has 1 aliphatic carbocycles. The van der Waals surface area contributed by atoms with E-state index in [0.29, 0.717) is 26.2 Å². The first-order valence-corrected chi connectivity index (χ1v) is 12.7. The Hall–Kier alpha value is -3.58. The number of aromatic nitrogens is 2. The molecule has 2 aromatic carbocycles. The summed E-state index contributed by atoms with van der Waals surface area (Å²) in [4.78, 5) is 44.2. The van der Waals surface area contributed by atoms with Gasteiger partial charge in [-0.25, -0.2) is 9.78 Å². The van der Waals surface area contributed by atoms with E-state index in [0.717, 1.165) is 36.8 Å². The van der Waals surface area contributed by atoms with E-state index in [9.17, 15) is 14.4 Å². The molecule has 0 N–H and O–H groups in total. The van der Waals surface area contributed by atoms with Crippen LogP contribution in [-0.4, -0.2) is 27.4 Å². The maximum Gasteiger partial charge on any atom is 0.348 e. The lowest BCUT2D eigenvalue weighted by Gasteiger charge is -2.21. The predicted octanol–water partition coefficient (Wildman–Crippen LogP) is 5.81. The van der Waals surface area contributed by atoms with Gasteiger partial charge in [0.2, 0.25) is 0 Å². The Morgan fingerprint density at radius 3 is 2.40 bits per heavy atom. The zero-order valence-corrected chi connectivity index (χ0v) is 20.3. The van der Waals surface area contributed by atoms with Crippen LogP contribution in [0.4, 0.5) is 0 Å². The molecule has 2 heterocycles. The van der Waals surface area contributed by atoms with Crippen LogP contribution in [-0.2, 0) is 11.3 Å². The molecule has 0 bridgehead atoms. The number of benzene rings is 2. The highest BCUT2D eigenvalue weighted by molar-refractivity contribution is 7.20. The summed E-state index contributed by atoms with van der Waals surface area (Å²) in [5.74, 6) is -0.574. The minimum absolute atomic E-state index is 0.0589. The second-order valence-corrected chi connectivity index (χ2v) is 9.94. The Bertz CT molecular complexity index is 1430. The summed E-state index contributed by atoms with van der Waals surface area (Å²) in [7, 11) is 0. The molecule has 7 heteroatoms. The Kier molecular flexibility index (Phi) is 6.59. The molecule has 35 heavy (non-hydrogen) atoms. The quantitative estimate of drug-likeness (QED) is 0.254. The number of hydrogen-bond donors (Lipinski definition) is 0. The second-order valence-electron chi connectivity index (χ2n) is 8.95. The number of nitrogens with zero attached hydrogens (tertiary/aromatic N) is 2. The van der Waals surface area contributed by atoms with Gasteiger partial charge < -0.3 is 4.74 Å². The lowest BCUT2D eigenvalue weighted by molar-refractivity contribution is 0.0216. The number of ketones is 1. The predicted molar refractivity (Wildman–Crippen MR) is 137 cm³/mol. The van der Waals surface area contributed by atoms with Crippen LogP contribution in [0.1, 0.15) is 57.7 Å². The number of carbonyl (C=O) groups excluding carboxylic acids is 2. The molecular formula is C28H26N2O4S. The van der Waals surface area contributed by atoms with Crippen molar-refractivity contribution in [1.82, 2.24) is 9.55 Å². The van der Waals surface area contributed by atoms with E-state index in [1.807, 2.05) is 42.5 Å². The van der Waals surface area contributed by atoms with Gasteiger partial charge in [0.25, 0.3) is 5.56 Å². The van der Waals surface area contributed by atoms with Crippen molar-refractivity contribution in [3.05, 3.63) is 87.3 Å². The molecule has 4 aromatic rings. The average molecular weight is 487 g/mol. The standard InChI is InChI=1S/C28H26N2O4S/c1-18-24-26(35-25(18)28(33)34-22-10-6-3-7-11-22)29-17-30(27(24)32)16-23(31)21-14-12-20(13-15-21)19-8-4-2-5-9-19/h2,4-5,8-9,12-15,17,22H,3,6-7,10-11,16H2,1H3. The minimum Gasteiger partial charge on any atom is -0.458 e. The summed E-state index contributed by atoms with van der Waals surface area (Å²) in [6.45, 7) is 1.62. The van der Waals surface area contributed by atoms with Gasteiger partial charge in [-0.2, -0.15) is 0 Å². The minimum atomic E-state index is -0.391. The van der Waals surface area contributed by atoms with Gasteiger partial charge >= 0.3 is 5.97 Å². The van der Waals surface area contributed by atoms with Crippen molar-refractivity contribution >= 4 is 33.3 Å². The van der Waals surface area contributed by atoms with Crippen molar-refractivity contribution in [2.45, 2.75) is 51.7 Å². The lowest BCUT2D eigenvalue weighted by Crippen LogP contribution is -2.24. The molecule has 2 aromatic heterocycles. The molecule has 0 radical (unpaired) electrons. The monoisotopic (exact) mass is 486 g/mol. The molecule has 6 nitrogen and oxygen atoms in total. The molecule has 1 aliphatic rings. The van der Waals surface area contributed by atoms with E-state index >= 15 is 0 Å². The molecule has 178 valence electrons. The second kappa shape index (κ2) is 9.96. The number of fused-ring (bicyclic) bond motifs is 1. The number of hydrogen-bond acceptors (Lipinski definition) is 6. The van der Waals surface area contributed by atoms with Crippen LogP contribution >= 0.6 is 11.3 Å². The van der Waals surface area contributed by atoms with Crippen LogP contribution in [0.2, 0.25) is 0 Å². The van der Waals surface area contributed by atoms with Gasteiger partial charge in [0.1, 0.15) is 15.8 Å². The summed E-state index contributed by atoms with van der Waals surface area (Å²) in [6, 6.07) is 17.3. The van der Waals surface area contributed by atoms with Gasteiger partial charge in [0.05, 0.1) is 18.3 Å². The Morgan fingerprint density at radius 2 is 1.69 bits per heavy atom. The molecule has 0 spiro atoms. The molecule has 1 saturated carbocycles. The van der Waals surface area contributed by atoms with E-state index in [1.165, 1.54) is 28.7 Å². The maximum absolute atomic E-state index is 13.2. The molecule has 0 atom stereocenters. The molecule has 0 saturated heterocycles. The molecule has 0 amide bonds. The van der Waals surface area contributed by atoms with Gasteiger partial charge in [-0.1, -0.05) is 61.0 Å². The molecule has 0 unspecified atom stereocenters. The molecule has 1 fully saturated rings. The summed E-state index contributed by atoms with van der Waals surface area (Å²) in [5.41, 5.74) is 2.86. The van der Waals surface area contributed by atoms with Crippen LogP contribution < -0.4 is 5.56 Å². The summed E-state index contributed by atoms with van der Waals surface area (Å²) < 4.78 is 7.01. The van der Waals surface area contributed by atoms with Crippen molar-refractivity contribution in [2.75, 3.05) is 0 Å².